The molecule has 0 unspecified atom stereocenters. The van der Waals surface area contributed by atoms with Crippen molar-refractivity contribution in [1.29, 1.82) is 0 Å². The van der Waals surface area contributed by atoms with E-state index in [1.807, 2.05) is 6.92 Å². The molecule has 0 amide bonds. The maximum Gasteiger partial charge on any atom is 0.168 e. The Morgan fingerprint density at radius 2 is 2.25 bits per heavy atom. The minimum absolute atomic E-state index is 0.185. The van der Waals surface area contributed by atoms with Crippen LogP contribution in [-0.4, -0.2) is 30.0 Å². The summed E-state index contributed by atoms with van der Waals surface area (Å²) in [6.45, 7) is 6.73. The van der Waals surface area contributed by atoms with E-state index < -0.39 is 0 Å². The normalized spacial score (nSPS) is 33.9. The summed E-state index contributed by atoms with van der Waals surface area (Å²) in [5.41, 5.74) is 1.10. The van der Waals surface area contributed by atoms with Crippen molar-refractivity contribution in [3.05, 3.63) is 16.1 Å². The number of rotatable bonds is 4. The molecule has 4 nitrogen and oxygen atoms in total. The van der Waals surface area contributed by atoms with Gasteiger partial charge in [0.25, 0.3) is 0 Å². The molecular formula is C15H24N2O2S. The molecular weight excluding hydrogens is 272 g/mol. The fraction of sp³-hybridized carbons (Fsp3) is 0.800. The van der Waals surface area contributed by atoms with Crippen LogP contribution in [0.4, 0.5) is 0 Å². The van der Waals surface area contributed by atoms with Crippen molar-refractivity contribution < 1.29 is 9.47 Å². The van der Waals surface area contributed by atoms with Gasteiger partial charge in [-0.25, -0.2) is 4.98 Å². The molecule has 2 heterocycles. The summed E-state index contributed by atoms with van der Waals surface area (Å²) in [5, 5.41) is 6.66. The second kappa shape index (κ2) is 6.10. The molecule has 2 fully saturated rings. The van der Waals surface area contributed by atoms with E-state index in [9.17, 15) is 0 Å². The summed E-state index contributed by atoms with van der Waals surface area (Å²) in [7, 11) is 0. The van der Waals surface area contributed by atoms with Crippen LogP contribution in [0.1, 0.15) is 43.3 Å². The van der Waals surface area contributed by atoms with E-state index >= 15 is 0 Å². The van der Waals surface area contributed by atoms with Gasteiger partial charge in [0.15, 0.2) is 5.79 Å². The first-order valence-electron chi connectivity index (χ1n) is 7.59. The van der Waals surface area contributed by atoms with Gasteiger partial charge in [0.05, 0.1) is 12.7 Å². The highest BCUT2D eigenvalue weighted by atomic mass is 32.1. The van der Waals surface area contributed by atoms with E-state index in [2.05, 4.69) is 22.6 Å². The SMILES string of the molecule is Cc1csc(CNC[C@@H]2COC3(CCC(C)CC3)O2)n1. The van der Waals surface area contributed by atoms with Gasteiger partial charge in [-0.15, -0.1) is 11.3 Å². The van der Waals surface area contributed by atoms with Crippen LogP contribution in [0.3, 0.4) is 0 Å². The van der Waals surface area contributed by atoms with Crippen LogP contribution >= 0.6 is 11.3 Å². The Labute approximate surface area is 124 Å². The first-order valence-corrected chi connectivity index (χ1v) is 8.47. The topological polar surface area (TPSA) is 43.4 Å². The predicted octanol–water partition coefficient (Wildman–Crippen LogP) is 2.86. The quantitative estimate of drug-likeness (QED) is 0.928. The van der Waals surface area contributed by atoms with E-state index in [0.29, 0.717) is 0 Å². The highest BCUT2D eigenvalue weighted by molar-refractivity contribution is 7.09. The molecule has 1 atom stereocenters. The Hall–Kier alpha value is -0.490. The molecule has 1 saturated heterocycles. The molecule has 3 rings (SSSR count). The summed E-state index contributed by atoms with van der Waals surface area (Å²) in [5.74, 6) is 0.550. The lowest BCUT2D eigenvalue weighted by Crippen LogP contribution is -2.37. The molecule has 1 N–H and O–H groups in total. The summed E-state index contributed by atoms with van der Waals surface area (Å²) < 4.78 is 12.2. The molecule has 1 aromatic heterocycles. The summed E-state index contributed by atoms with van der Waals surface area (Å²) in [6, 6.07) is 0. The third-order valence-corrected chi connectivity index (χ3v) is 5.23. The van der Waals surface area contributed by atoms with Gasteiger partial charge in [0.2, 0.25) is 0 Å². The van der Waals surface area contributed by atoms with Crippen molar-refractivity contribution in [2.75, 3.05) is 13.2 Å². The minimum atomic E-state index is -0.267. The third kappa shape index (κ3) is 3.39. The van der Waals surface area contributed by atoms with E-state index in [1.54, 1.807) is 11.3 Å². The molecule has 112 valence electrons. The van der Waals surface area contributed by atoms with Crippen molar-refractivity contribution in [2.45, 2.75) is 58.0 Å². The van der Waals surface area contributed by atoms with Crippen LogP contribution in [0.2, 0.25) is 0 Å². The molecule has 1 aromatic rings. The highest BCUT2D eigenvalue weighted by Crippen LogP contribution is 2.39. The van der Waals surface area contributed by atoms with E-state index in [1.165, 1.54) is 12.8 Å². The number of nitrogens with zero attached hydrogens (tertiary/aromatic N) is 1. The van der Waals surface area contributed by atoms with Gasteiger partial charge in [-0.3, -0.25) is 0 Å². The number of hydrogen-bond acceptors (Lipinski definition) is 5. The summed E-state index contributed by atoms with van der Waals surface area (Å²) >= 11 is 1.71. The average molecular weight is 296 g/mol. The minimum Gasteiger partial charge on any atom is -0.347 e. The molecule has 1 spiro atoms. The number of aromatic nitrogens is 1. The molecule has 20 heavy (non-hydrogen) atoms. The van der Waals surface area contributed by atoms with Gasteiger partial charge in [0.1, 0.15) is 5.01 Å². The number of ether oxygens (including phenoxy) is 2. The highest BCUT2D eigenvalue weighted by Gasteiger charge is 2.43. The lowest BCUT2D eigenvalue weighted by atomic mass is 9.86. The van der Waals surface area contributed by atoms with Gasteiger partial charge < -0.3 is 14.8 Å². The molecule has 0 radical (unpaired) electrons. The fourth-order valence-electron chi connectivity index (χ4n) is 3.01. The number of hydrogen-bond donors (Lipinski definition) is 1. The Morgan fingerprint density at radius 1 is 1.45 bits per heavy atom. The third-order valence-electron chi connectivity index (χ3n) is 4.26. The number of aryl methyl sites for hydroxylation is 1. The molecule has 0 bridgehead atoms. The Kier molecular flexibility index (Phi) is 4.40. The Balaban J connectivity index is 1.42. The zero-order valence-corrected chi connectivity index (χ0v) is 13.2. The first-order chi connectivity index (χ1) is 9.65. The van der Waals surface area contributed by atoms with Crippen molar-refractivity contribution >= 4 is 11.3 Å². The Bertz CT molecular complexity index is 441. The zero-order valence-electron chi connectivity index (χ0n) is 12.4. The van der Waals surface area contributed by atoms with Crippen LogP contribution in [0.15, 0.2) is 5.38 Å². The largest absolute Gasteiger partial charge is 0.347 e. The molecule has 2 aliphatic rings. The second-order valence-corrected chi connectivity index (χ2v) is 7.10. The van der Waals surface area contributed by atoms with E-state index in [4.69, 9.17) is 9.47 Å². The zero-order chi connectivity index (χ0) is 14.0. The van der Waals surface area contributed by atoms with Gasteiger partial charge in [0, 0.05) is 37.0 Å². The van der Waals surface area contributed by atoms with Crippen LogP contribution in [0.25, 0.3) is 0 Å². The first kappa shape index (κ1) is 14.4. The molecule has 1 aliphatic heterocycles. The monoisotopic (exact) mass is 296 g/mol. The maximum absolute atomic E-state index is 6.18. The van der Waals surface area contributed by atoms with E-state index in [-0.39, 0.29) is 11.9 Å². The van der Waals surface area contributed by atoms with Crippen molar-refractivity contribution in [2.24, 2.45) is 5.92 Å². The Morgan fingerprint density at radius 3 is 2.95 bits per heavy atom. The molecule has 0 aromatic carbocycles. The van der Waals surface area contributed by atoms with Crippen LogP contribution in [0, 0.1) is 12.8 Å². The average Bonchev–Trinajstić information content (AvgIpc) is 3.02. The van der Waals surface area contributed by atoms with E-state index in [0.717, 1.165) is 49.2 Å². The number of nitrogens with one attached hydrogen (secondary N) is 1. The van der Waals surface area contributed by atoms with Crippen LogP contribution in [-0.2, 0) is 16.0 Å². The maximum atomic E-state index is 6.18. The second-order valence-electron chi connectivity index (χ2n) is 6.16. The molecule has 1 aliphatic carbocycles. The summed E-state index contributed by atoms with van der Waals surface area (Å²) in [4.78, 5) is 4.45. The fourth-order valence-corrected chi connectivity index (χ4v) is 3.75. The van der Waals surface area contributed by atoms with Gasteiger partial charge in [-0.2, -0.15) is 0 Å². The predicted molar refractivity (Wildman–Crippen MR) is 79.7 cm³/mol. The van der Waals surface area contributed by atoms with Gasteiger partial charge in [-0.05, 0) is 25.7 Å². The van der Waals surface area contributed by atoms with Crippen molar-refractivity contribution in [1.82, 2.24) is 10.3 Å². The lowest BCUT2D eigenvalue weighted by molar-refractivity contribution is -0.191. The summed E-state index contributed by atoms with van der Waals surface area (Å²) in [6.07, 6.45) is 4.73. The number of thiazole rings is 1. The van der Waals surface area contributed by atoms with Crippen molar-refractivity contribution in [3.8, 4) is 0 Å². The standard InChI is InChI=1S/C15H24N2O2S/c1-11-3-5-15(6-4-11)18-9-13(19-15)7-16-8-14-17-12(2)10-20-14/h10-11,13,16H,3-9H2,1-2H3/t11?,13-,15?/m1/s1. The van der Waals surface area contributed by atoms with Gasteiger partial charge >= 0.3 is 0 Å². The van der Waals surface area contributed by atoms with Gasteiger partial charge in [-0.1, -0.05) is 6.92 Å². The van der Waals surface area contributed by atoms with Crippen LogP contribution in [0.5, 0.6) is 0 Å². The molecule has 1 saturated carbocycles. The van der Waals surface area contributed by atoms with Crippen molar-refractivity contribution in [3.63, 3.8) is 0 Å². The van der Waals surface area contributed by atoms with Crippen LogP contribution < -0.4 is 5.32 Å². The smallest absolute Gasteiger partial charge is 0.168 e. The molecule has 5 heteroatoms. The lowest BCUT2D eigenvalue weighted by Gasteiger charge is -2.34.